The average molecular weight is 395 g/mol. The summed E-state index contributed by atoms with van der Waals surface area (Å²) in [6.45, 7) is 8.63. The van der Waals surface area contributed by atoms with Gasteiger partial charge in [0.2, 0.25) is 0 Å². The molecule has 1 aromatic heterocycles. The van der Waals surface area contributed by atoms with Crippen molar-refractivity contribution in [1.82, 2.24) is 16.0 Å². The van der Waals surface area contributed by atoms with E-state index in [9.17, 15) is 4.79 Å². The second-order valence-corrected chi connectivity index (χ2v) is 7.79. The van der Waals surface area contributed by atoms with E-state index in [0.29, 0.717) is 32.1 Å². The SMILES string of the molecule is CC(C)(C)OC(=O)NCCNC(=NCC1CCCCO1)NCCc1ccco1. The molecule has 0 aromatic carbocycles. The number of ether oxygens (including phenoxy) is 2. The maximum Gasteiger partial charge on any atom is 0.407 e. The van der Waals surface area contributed by atoms with Crippen LogP contribution in [-0.4, -0.2) is 56.5 Å². The summed E-state index contributed by atoms with van der Waals surface area (Å²) >= 11 is 0. The molecule has 0 bridgehead atoms. The van der Waals surface area contributed by atoms with Gasteiger partial charge in [-0.3, -0.25) is 4.99 Å². The van der Waals surface area contributed by atoms with E-state index in [1.807, 2.05) is 32.9 Å². The number of carbonyl (C=O) groups excluding carboxylic acids is 1. The fourth-order valence-electron chi connectivity index (χ4n) is 2.74. The van der Waals surface area contributed by atoms with Gasteiger partial charge < -0.3 is 29.8 Å². The zero-order chi connectivity index (χ0) is 20.2. The van der Waals surface area contributed by atoms with Gasteiger partial charge in [0.05, 0.1) is 18.9 Å². The number of hydrogen-bond donors (Lipinski definition) is 3. The molecule has 0 spiro atoms. The van der Waals surface area contributed by atoms with Crippen LogP contribution in [0.5, 0.6) is 0 Å². The van der Waals surface area contributed by atoms with Gasteiger partial charge >= 0.3 is 6.09 Å². The lowest BCUT2D eigenvalue weighted by atomic mass is 10.1. The van der Waals surface area contributed by atoms with Crippen molar-refractivity contribution < 1.29 is 18.7 Å². The third-order valence-electron chi connectivity index (χ3n) is 4.06. The molecule has 3 N–H and O–H groups in total. The molecule has 8 nitrogen and oxygen atoms in total. The van der Waals surface area contributed by atoms with Gasteiger partial charge in [0.15, 0.2) is 5.96 Å². The molecule has 0 saturated carbocycles. The van der Waals surface area contributed by atoms with E-state index in [1.165, 1.54) is 6.42 Å². The molecule has 1 atom stereocenters. The highest BCUT2D eigenvalue weighted by atomic mass is 16.6. The van der Waals surface area contributed by atoms with Crippen LogP contribution >= 0.6 is 0 Å². The molecule has 1 unspecified atom stereocenters. The molecule has 1 aliphatic heterocycles. The molecule has 0 radical (unpaired) electrons. The Morgan fingerprint density at radius 1 is 1.21 bits per heavy atom. The summed E-state index contributed by atoms with van der Waals surface area (Å²) in [5.74, 6) is 1.63. The highest BCUT2D eigenvalue weighted by Crippen LogP contribution is 2.12. The maximum atomic E-state index is 11.7. The Kier molecular flexibility index (Phi) is 9.13. The third kappa shape index (κ3) is 9.64. The predicted octanol–water partition coefficient (Wildman–Crippen LogP) is 2.45. The van der Waals surface area contributed by atoms with Crippen LogP contribution in [0.4, 0.5) is 4.79 Å². The third-order valence-corrected chi connectivity index (χ3v) is 4.06. The van der Waals surface area contributed by atoms with Crippen molar-refractivity contribution in [2.24, 2.45) is 4.99 Å². The van der Waals surface area contributed by atoms with Gasteiger partial charge in [0.25, 0.3) is 0 Å². The van der Waals surface area contributed by atoms with Crippen LogP contribution in [-0.2, 0) is 15.9 Å². The first-order chi connectivity index (χ1) is 13.4. The van der Waals surface area contributed by atoms with E-state index in [4.69, 9.17) is 13.9 Å². The van der Waals surface area contributed by atoms with Gasteiger partial charge in [-0.15, -0.1) is 0 Å². The number of rotatable bonds is 8. The lowest BCUT2D eigenvalue weighted by Crippen LogP contribution is -2.43. The Morgan fingerprint density at radius 2 is 2.00 bits per heavy atom. The minimum atomic E-state index is -0.502. The zero-order valence-electron chi connectivity index (χ0n) is 17.3. The first kappa shape index (κ1) is 22.1. The van der Waals surface area contributed by atoms with E-state index in [2.05, 4.69) is 20.9 Å². The van der Waals surface area contributed by atoms with E-state index in [0.717, 1.165) is 31.6 Å². The lowest BCUT2D eigenvalue weighted by molar-refractivity contribution is 0.0224. The Hall–Kier alpha value is -2.22. The van der Waals surface area contributed by atoms with Crippen molar-refractivity contribution in [3.8, 4) is 0 Å². The molecule has 28 heavy (non-hydrogen) atoms. The van der Waals surface area contributed by atoms with Gasteiger partial charge in [-0.25, -0.2) is 4.79 Å². The predicted molar refractivity (Wildman–Crippen MR) is 109 cm³/mol. The van der Waals surface area contributed by atoms with Crippen LogP contribution in [0.2, 0.25) is 0 Å². The Morgan fingerprint density at radius 3 is 2.68 bits per heavy atom. The van der Waals surface area contributed by atoms with Gasteiger partial charge in [0.1, 0.15) is 11.4 Å². The van der Waals surface area contributed by atoms with Crippen molar-refractivity contribution >= 4 is 12.1 Å². The van der Waals surface area contributed by atoms with Crippen LogP contribution in [0.25, 0.3) is 0 Å². The van der Waals surface area contributed by atoms with Crippen molar-refractivity contribution in [2.45, 2.75) is 58.2 Å². The summed E-state index contributed by atoms with van der Waals surface area (Å²) in [6.07, 6.45) is 5.56. The summed E-state index contributed by atoms with van der Waals surface area (Å²) in [5, 5.41) is 9.28. The van der Waals surface area contributed by atoms with Gasteiger partial charge in [0, 0.05) is 32.7 Å². The monoisotopic (exact) mass is 394 g/mol. The van der Waals surface area contributed by atoms with Crippen LogP contribution in [0.1, 0.15) is 45.8 Å². The molecule has 1 fully saturated rings. The average Bonchev–Trinajstić information content (AvgIpc) is 3.15. The summed E-state index contributed by atoms with van der Waals surface area (Å²) in [5.41, 5.74) is -0.502. The molecule has 2 heterocycles. The molecule has 1 amide bonds. The van der Waals surface area contributed by atoms with E-state index >= 15 is 0 Å². The molecule has 8 heteroatoms. The number of furan rings is 1. The topological polar surface area (TPSA) is 97.1 Å². The smallest absolute Gasteiger partial charge is 0.407 e. The number of carbonyl (C=O) groups is 1. The van der Waals surface area contributed by atoms with Crippen molar-refractivity contribution in [3.05, 3.63) is 24.2 Å². The first-order valence-corrected chi connectivity index (χ1v) is 10.1. The molecule has 0 aliphatic carbocycles. The van der Waals surface area contributed by atoms with Crippen LogP contribution < -0.4 is 16.0 Å². The van der Waals surface area contributed by atoms with Crippen molar-refractivity contribution in [2.75, 3.05) is 32.8 Å². The van der Waals surface area contributed by atoms with Crippen LogP contribution in [0.3, 0.4) is 0 Å². The maximum absolute atomic E-state index is 11.7. The van der Waals surface area contributed by atoms with Gasteiger partial charge in [-0.05, 0) is 52.2 Å². The Balaban J connectivity index is 1.74. The normalized spacial score (nSPS) is 17.8. The summed E-state index contributed by atoms with van der Waals surface area (Å²) in [6, 6.07) is 3.83. The molecule has 2 rings (SSSR count). The standard InChI is InChI=1S/C20H34N4O4/c1-20(2,3)28-19(25)23-12-11-22-18(21-10-9-16-8-6-14-26-16)24-15-17-7-4-5-13-27-17/h6,8,14,17H,4-5,7,9-13,15H2,1-3H3,(H,23,25)(H2,21,22,24). The van der Waals surface area contributed by atoms with Crippen molar-refractivity contribution in [1.29, 1.82) is 0 Å². The van der Waals surface area contributed by atoms with Crippen LogP contribution in [0, 0.1) is 0 Å². The molecule has 1 aliphatic rings. The van der Waals surface area contributed by atoms with Crippen molar-refractivity contribution in [3.63, 3.8) is 0 Å². The molecular formula is C20H34N4O4. The zero-order valence-corrected chi connectivity index (χ0v) is 17.3. The number of nitrogens with zero attached hydrogens (tertiary/aromatic N) is 1. The quantitative estimate of drug-likeness (QED) is 0.356. The minimum Gasteiger partial charge on any atom is -0.469 e. The lowest BCUT2D eigenvalue weighted by Gasteiger charge is -2.22. The van der Waals surface area contributed by atoms with Crippen LogP contribution in [0.15, 0.2) is 27.8 Å². The number of aliphatic imine (C=N–C) groups is 1. The minimum absolute atomic E-state index is 0.178. The second-order valence-electron chi connectivity index (χ2n) is 7.79. The number of amides is 1. The van der Waals surface area contributed by atoms with Gasteiger partial charge in [-0.2, -0.15) is 0 Å². The number of hydrogen-bond acceptors (Lipinski definition) is 5. The number of alkyl carbamates (subject to hydrolysis) is 1. The molecular weight excluding hydrogens is 360 g/mol. The fourth-order valence-corrected chi connectivity index (χ4v) is 2.74. The summed E-state index contributed by atoms with van der Waals surface area (Å²) < 4.78 is 16.3. The fraction of sp³-hybridized carbons (Fsp3) is 0.700. The highest BCUT2D eigenvalue weighted by molar-refractivity contribution is 5.79. The van der Waals surface area contributed by atoms with E-state index < -0.39 is 11.7 Å². The molecule has 1 aromatic rings. The van der Waals surface area contributed by atoms with Gasteiger partial charge in [-0.1, -0.05) is 0 Å². The summed E-state index contributed by atoms with van der Waals surface area (Å²) in [4.78, 5) is 16.3. The Labute approximate surface area is 167 Å². The summed E-state index contributed by atoms with van der Waals surface area (Å²) in [7, 11) is 0. The largest absolute Gasteiger partial charge is 0.469 e. The number of nitrogens with one attached hydrogen (secondary N) is 3. The molecule has 158 valence electrons. The number of guanidine groups is 1. The molecule has 1 saturated heterocycles. The second kappa shape index (κ2) is 11.6. The van der Waals surface area contributed by atoms with E-state index in [1.54, 1.807) is 6.26 Å². The Bertz CT molecular complexity index is 590. The van der Waals surface area contributed by atoms with E-state index in [-0.39, 0.29) is 6.10 Å². The highest BCUT2D eigenvalue weighted by Gasteiger charge is 2.16. The first-order valence-electron chi connectivity index (χ1n) is 10.1.